The maximum atomic E-state index is 13.0. The molecule has 2 N–H and O–H groups in total. The highest BCUT2D eigenvalue weighted by atomic mass is 16.3. The summed E-state index contributed by atoms with van der Waals surface area (Å²) in [5.41, 5.74) is 7.19. The number of hydrogen-bond donors (Lipinski definition) is 2. The Kier molecular flexibility index (Phi) is 6.92. The number of carbonyl (C=O) groups excluding carboxylic acids is 1. The number of anilines is 1. The largest absolute Gasteiger partial charge is 0.395 e. The van der Waals surface area contributed by atoms with Crippen LogP contribution in [-0.4, -0.2) is 47.2 Å². The van der Waals surface area contributed by atoms with Crippen LogP contribution in [0.3, 0.4) is 0 Å². The number of nitrogens with zero attached hydrogens (tertiary/aromatic N) is 4. The van der Waals surface area contributed by atoms with Gasteiger partial charge in [-0.2, -0.15) is 10.2 Å². The predicted molar refractivity (Wildman–Crippen MR) is 131 cm³/mol. The third-order valence-electron chi connectivity index (χ3n) is 5.18. The molecule has 1 heterocycles. The molecule has 0 radical (unpaired) electrons. The number of amides is 1. The van der Waals surface area contributed by atoms with E-state index in [1.807, 2.05) is 96.9 Å². The Hall–Kier alpha value is -4.23. The standard InChI is InChI=1S/C26H25N5O2/c1-30(16-17-32)22-14-12-20(13-15-22)18-27-28-26(33)24-19-31(23-10-6-3-7-11-23)29-25(24)21-8-4-2-5-9-21/h2-15,18-19,32H,16-17H2,1H3,(H,28,33)/b27-18+. The lowest BCUT2D eigenvalue weighted by Crippen LogP contribution is -2.20. The van der Waals surface area contributed by atoms with Crippen molar-refractivity contribution in [3.63, 3.8) is 0 Å². The number of carbonyl (C=O) groups is 1. The van der Waals surface area contributed by atoms with E-state index in [0.29, 0.717) is 17.8 Å². The van der Waals surface area contributed by atoms with Crippen LogP contribution in [-0.2, 0) is 0 Å². The summed E-state index contributed by atoms with van der Waals surface area (Å²) in [6.07, 6.45) is 3.31. The maximum absolute atomic E-state index is 13.0. The molecule has 1 amide bonds. The Morgan fingerprint density at radius 1 is 1.03 bits per heavy atom. The molecule has 0 spiro atoms. The average Bonchev–Trinajstić information content (AvgIpc) is 3.31. The highest BCUT2D eigenvalue weighted by Crippen LogP contribution is 2.23. The van der Waals surface area contributed by atoms with Crippen molar-refractivity contribution < 1.29 is 9.90 Å². The zero-order valence-electron chi connectivity index (χ0n) is 18.3. The number of aromatic nitrogens is 2. The van der Waals surface area contributed by atoms with Crippen LogP contribution in [0.25, 0.3) is 16.9 Å². The number of benzene rings is 3. The molecule has 0 aliphatic heterocycles. The smallest absolute Gasteiger partial charge is 0.275 e. The van der Waals surface area contributed by atoms with Crippen molar-refractivity contribution in [2.24, 2.45) is 5.10 Å². The third kappa shape index (κ3) is 5.34. The van der Waals surface area contributed by atoms with Gasteiger partial charge < -0.3 is 10.0 Å². The van der Waals surface area contributed by atoms with Crippen molar-refractivity contribution >= 4 is 17.8 Å². The zero-order valence-corrected chi connectivity index (χ0v) is 18.3. The number of rotatable bonds is 8. The monoisotopic (exact) mass is 439 g/mol. The van der Waals surface area contributed by atoms with Gasteiger partial charge in [0, 0.05) is 31.0 Å². The van der Waals surface area contributed by atoms with Crippen LogP contribution in [0.15, 0.2) is 96.2 Å². The van der Waals surface area contributed by atoms with Gasteiger partial charge in [0.2, 0.25) is 0 Å². The fraction of sp³-hybridized carbons (Fsp3) is 0.115. The number of likely N-dealkylation sites (N-methyl/N-ethyl adjacent to an activating group) is 1. The molecule has 4 rings (SSSR count). The van der Waals surface area contributed by atoms with Crippen molar-refractivity contribution in [1.82, 2.24) is 15.2 Å². The summed E-state index contributed by atoms with van der Waals surface area (Å²) in [5, 5.41) is 17.9. The van der Waals surface area contributed by atoms with Crippen LogP contribution in [0.2, 0.25) is 0 Å². The first-order valence-electron chi connectivity index (χ1n) is 10.6. The molecule has 0 atom stereocenters. The van der Waals surface area contributed by atoms with E-state index < -0.39 is 0 Å². The second-order valence-electron chi connectivity index (χ2n) is 7.47. The summed E-state index contributed by atoms with van der Waals surface area (Å²) in [5.74, 6) is -0.341. The molecule has 0 unspecified atom stereocenters. The Bertz CT molecular complexity index is 1220. The number of para-hydroxylation sites is 1. The fourth-order valence-electron chi connectivity index (χ4n) is 3.38. The van der Waals surface area contributed by atoms with Crippen LogP contribution in [0.5, 0.6) is 0 Å². The Morgan fingerprint density at radius 3 is 2.36 bits per heavy atom. The van der Waals surface area contributed by atoms with E-state index in [0.717, 1.165) is 22.5 Å². The molecule has 33 heavy (non-hydrogen) atoms. The van der Waals surface area contributed by atoms with Gasteiger partial charge in [-0.3, -0.25) is 4.79 Å². The van der Waals surface area contributed by atoms with E-state index in [2.05, 4.69) is 15.6 Å². The summed E-state index contributed by atoms with van der Waals surface area (Å²) in [7, 11) is 1.92. The lowest BCUT2D eigenvalue weighted by atomic mass is 10.1. The van der Waals surface area contributed by atoms with E-state index in [1.54, 1.807) is 17.1 Å². The van der Waals surface area contributed by atoms with Gasteiger partial charge in [0.05, 0.1) is 24.1 Å². The highest BCUT2D eigenvalue weighted by molar-refractivity contribution is 6.00. The second kappa shape index (κ2) is 10.4. The Morgan fingerprint density at radius 2 is 1.70 bits per heavy atom. The lowest BCUT2D eigenvalue weighted by Gasteiger charge is -2.17. The van der Waals surface area contributed by atoms with Gasteiger partial charge >= 0.3 is 0 Å². The molecule has 0 aliphatic carbocycles. The molecule has 3 aromatic carbocycles. The number of nitrogens with one attached hydrogen (secondary N) is 1. The Labute approximate surface area is 192 Å². The van der Waals surface area contributed by atoms with E-state index in [-0.39, 0.29) is 12.5 Å². The van der Waals surface area contributed by atoms with E-state index >= 15 is 0 Å². The highest BCUT2D eigenvalue weighted by Gasteiger charge is 2.18. The molecule has 4 aromatic rings. The molecule has 7 heteroatoms. The molecule has 0 bridgehead atoms. The van der Waals surface area contributed by atoms with Gasteiger partial charge in [-0.25, -0.2) is 10.1 Å². The maximum Gasteiger partial charge on any atom is 0.275 e. The molecular weight excluding hydrogens is 414 g/mol. The predicted octanol–water partition coefficient (Wildman–Crippen LogP) is 3.73. The van der Waals surface area contributed by atoms with Crippen molar-refractivity contribution in [3.05, 3.63) is 102 Å². The summed E-state index contributed by atoms with van der Waals surface area (Å²) >= 11 is 0. The van der Waals surface area contributed by atoms with Crippen molar-refractivity contribution in [2.75, 3.05) is 25.1 Å². The first-order chi connectivity index (χ1) is 16.2. The lowest BCUT2D eigenvalue weighted by molar-refractivity contribution is 0.0955. The summed E-state index contributed by atoms with van der Waals surface area (Å²) < 4.78 is 1.70. The molecule has 0 saturated heterocycles. The van der Waals surface area contributed by atoms with Crippen LogP contribution in [0, 0.1) is 0 Å². The third-order valence-corrected chi connectivity index (χ3v) is 5.18. The van der Waals surface area contributed by atoms with Crippen molar-refractivity contribution in [1.29, 1.82) is 0 Å². The number of aliphatic hydroxyl groups is 1. The minimum atomic E-state index is -0.341. The van der Waals surface area contributed by atoms with Gasteiger partial charge in [0.1, 0.15) is 5.69 Å². The van der Waals surface area contributed by atoms with Crippen LogP contribution in [0.4, 0.5) is 5.69 Å². The summed E-state index contributed by atoms with van der Waals surface area (Å²) in [6.45, 7) is 0.654. The van der Waals surface area contributed by atoms with Crippen LogP contribution in [0.1, 0.15) is 15.9 Å². The molecule has 0 aliphatic rings. The summed E-state index contributed by atoms with van der Waals surface area (Å²) in [4.78, 5) is 14.9. The van der Waals surface area contributed by atoms with E-state index in [9.17, 15) is 4.79 Å². The van der Waals surface area contributed by atoms with Gasteiger partial charge in [-0.15, -0.1) is 0 Å². The van der Waals surface area contributed by atoms with Crippen molar-refractivity contribution in [2.45, 2.75) is 0 Å². The molecule has 166 valence electrons. The molecule has 0 fully saturated rings. The van der Waals surface area contributed by atoms with E-state index in [1.165, 1.54) is 0 Å². The van der Waals surface area contributed by atoms with Gasteiger partial charge in [0.15, 0.2) is 0 Å². The quantitative estimate of drug-likeness (QED) is 0.324. The fourth-order valence-corrected chi connectivity index (χ4v) is 3.38. The number of hydrazone groups is 1. The zero-order chi connectivity index (χ0) is 23.0. The average molecular weight is 440 g/mol. The van der Waals surface area contributed by atoms with Crippen molar-refractivity contribution in [3.8, 4) is 16.9 Å². The van der Waals surface area contributed by atoms with Crippen LogP contribution >= 0.6 is 0 Å². The first kappa shape index (κ1) is 22.0. The Balaban J connectivity index is 1.53. The summed E-state index contributed by atoms with van der Waals surface area (Å²) in [6, 6.07) is 26.9. The number of hydrogen-bond acceptors (Lipinski definition) is 5. The van der Waals surface area contributed by atoms with E-state index in [4.69, 9.17) is 5.11 Å². The first-order valence-corrected chi connectivity index (χ1v) is 10.6. The minimum Gasteiger partial charge on any atom is -0.395 e. The minimum absolute atomic E-state index is 0.0948. The molecule has 0 saturated carbocycles. The second-order valence-corrected chi connectivity index (χ2v) is 7.47. The molecule has 1 aromatic heterocycles. The molecule has 7 nitrogen and oxygen atoms in total. The SMILES string of the molecule is CN(CCO)c1ccc(/C=N/NC(=O)c2cn(-c3ccccc3)nc2-c2ccccc2)cc1. The van der Waals surface area contributed by atoms with Gasteiger partial charge in [0.25, 0.3) is 5.91 Å². The van der Waals surface area contributed by atoms with Gasteiger partial charge in [-0.05, 0) is 29.8 Å². The normalized spacial score (nSPS) is 11.0. The topological polar surface area (TPSA) is 82.8 Å². The van der Waals surface area contributed by atoms with Gasteiger partial charge in [-0.1, -0.05) is 60.7 Å². The molecular formula is C26H25N5O2. The van der Waals surface area contributed by atoms with Crippen LogP contribution < -0.4 is 10.3 Å². The number of aliphatic hydroxyl groups excluding tert-OH is 1.